The lowest BCUT2D eigenvalue weighted by Crippen LogP contribution is -2.48. The van der Waals surface area contributed by atoms with E-state index in [4.69, 9.17) is 5.73 Å². The van der Waals surface area contributed by atoms with Crippen LogP contribution in [0.5, 0.6) is 0 Å². The molecule has 0 aliphatic rings. The smallest absolute Gasteiger partial charge is 0.0768 e. The summed E-state index contributed by atoms with van der Waals surface area (Å²) < 4.78 is 0. The molecule has 104 valence electrons. The third-order valence-electron chi connectivity index (χ3n) is 3.53. The van der Waals surface area contributed by atoms with Gasteiger partial charge in [-0.25, -0.2) is 0 Å². The Kier molecular flexibility index (Phi) is 6.67. The Labute approximate surface area is 107 Å². The summed E-state index contributed by atoms with van der Waals surface area (Å²) >= 11 is 0. The molecule has 0 fully saturated rings. The molecule has 0 aromatic rings. The monoisotopic (exact) mass is 244 g/mol. The maximum absolute atomic E-state index is 10.4. The van der Waals surface area contributed by atoms with Gasteiger partial charge >= 0.3 is 0 Å². The zero-order valence-corrected chi connectivity index (χ0v) is 12.6. The van der Waals surface area contributed by atoms with Crippen LogP contribution in [0.4, 0.5) is 0 Å². The Balaban J connectivity index is 4.54. The highest BCUT2D eigenvalue weighted by Gasteiger charge is 2.29. The van der Waals surface area contributed by atoms with Crippen LogP contribution in [-0.2, 0) is 0 Å². The van der Waals surface area contributed by atoms with Gasteiger partial charge in [-0.1, -0.05) is 34.6 Å². The van der Waals surface area contributed by atoms with Crippen molar-refractivity contribution < 1.29 is 5.11 Å². The molecule has 0 spiro atoms. The van der Waals surface area contributed by atoms with E-state index in [9.17, 15) is 5.11 Å². The van der Waals surface area contributed by atoms with Gasteiger partial charge in [0.05, 0.1) is 5.60 Å². The summed E-state index contributed by atoms with van der Waals surface area (Å²) in [6.07, 6.45) is 1.11. The summed E-state index contributed by atoms with van der Waals surface area (Å²) in [5.41, 5.74) is 5.27. The molecule has 0 saturated carbocycles. The summed E-state index contributed by atoms with van der Waals surface area (Å²) in [7, 11) is 0. The molecular weight excluding hydrogens is 212 g/mol. The van der Waals surface area contributed by atoms with Gasteiger partial charge in [-0.3, -0.25) is 4.90 Å². The lowest BCUT2D eigenvalue weighted by Gasteiger charge is -2.38. The lowest BCUT2D eigenvalue weighted by molar-refractivity contribution is -0.0255. The van der Waals surface area contributed by atoms with Crippen LogP contribution in [0.1, 0.15) is 48.0 Å². The predicted molar refractivity (Wildman–Crippen MR) is 75.0 cm³/mol. The van der Waals surface area contributed by atoms with Gasteiger partial charge in [-0.15, -0.1) is 0 Å². The number of rotatable bonds is 8. The first-order chi connectivity index (χ1) is 7.64. The van der Waals surface area contributed by atoms with Crippen molar-refractivity contribution in [1.82, 2.24) is 4.90 Å². The van der Waals surface area contributed by atoms with E-state index in [1.165, 1.54) is 0 Å². The Bertz CT molecular complexity index is 212. The second kappa shape index (κ2) is 6.72. The van der Waals surface area contributed by atoms with Crippen molar-refractivity contribution in [2.24, 2.45) is 17.1 Å². The van der Waals surface area contributed by atoms with Crippen LogP contribution in [0.25, 0.3) is 0 Å². The first-order valence-corrected chi connectivity index (χ1v) is 6.79. The number of hydrogen-bond acceptors (Lipinski definition) is 3. The van der Waals surface area contributed by atoms with Crippen molar-refractivity contribution in [3.05, 3.63) is 0 Å². The minimum atomic E-state index is -0.625. The van der Waals surface area contributed by atoms with E-state index in [-0.39, 0.29) is 11.3 Å². The van der Waals surface area contributed by atoms with Crippen molar-refractivity contribution in [2.45, 2.75) is 53.6 Å². The standard InChI is InChI=1S/C14H32N2O/c1-7-8-16(10-13(4,5)9-15)11-14(6,17)12(2)3/h12,17H,7-11,15H2,1-6H3. The van der Waals surface area contributed by atoms with E-state index in [0.717, 1.165) is 26.1 Å². The van der Waals surface area contributed by atoms with Crippen molar-refractivity contribution in [2.75, 3.05) is 26.2 Å². The average molecular weight is 244 g/mol. The summed E-state index contributed by atoms with van der Waals surface area (Å²) in [6.45, 7) is 16.0. The molecule has 0 aliphatic carbocycles. The Morgan fingerprint density at radius 1 is 1.18 bits per heavy atom. The van der Waals surface area contributed by atoms with Crippen LogP contribution in [0, 0.1) is 11.3 Å². The molecule has 0 aliphatic heterocycles. The molecule has 0 aromatic heterocycles. The molecule has 1 unspecified atom stereocenters. The molecule has 0 bridgehead atoms. The van der Waals surface area contributed by atoms with Crippen LogP contribution in [0.15, 0.2) is 0 Å². The Hall–Kier alpha value is -0.120. The third-order valence-corrected chi connectivity index (χ3v) is 3.53. The molecule has 0 amide bonds. The fraction of sp³-hybridized carbons (Fsp3) is 1.00. The maximum atomic E-state index is 10.4. The first-order valence-electron chi connectivity index (χ1n) is 6.79. The number of hydrogen-bond donors (Lipinski definition) is 2. The number of nitrogens with zero attached hydrogens (tertiary/aromatic N) is 1. The highest BCUT2D eigenvalue weighted by Crippen LogP contribution is 2.21. The van der Waals surface area contributed by atoms with Crippen LogP contribution >= 0.6 is 0 Å². The number of nitrogens with two attached hydrogens (primary N) is 1. The Morgan fingerprint density at radius 3 is 2.06 bits per heavy atom. The van der Waals surface area contributed by atoms with Gasteiger partial charge in [0.2, 0.25) is 0 Å². The minimum absolute atomic E-state index is 0.113. The second-order valence-corrected chi connectivity index (χ2v) is 6.59. The van der Waals surface area contributed by atoms with Crippen LogP contribution in [0.2, 0.25) is 0 Å². The zero-order valence-electron chi connectivity index (χ0n) is 12.6. The van der Waals surface area contributed by atoms with Crippen LogP contribution in [0.3, 0.4) is 0 Å². The van der Waals surface area contributed by atoms with Crippen molar-refractivity contribution in [1.29, 1.82) is 0 Å². The third kappa shape index (κ3) is 6.39. The van der Waals surface area contributed by atoms with Gasteiger partial charge in [0.25, 0.3) is 0 Å². The second-order valence-electron chi connectivity index (χ2n) is 6.59. The summed E-state index contributed by atoms with van der Waals surface area (Å²) in [5, 5.41) is 10.4. The van der Waals surface area contributed by atoms with Crippen molar-refractivity contribution in [3.63, 3.8) is 0 Å². The van der Waals surface area contributed by atoms with E-state index in [1.807, 2.05) is 6.92 Å². The van der Waals surface area contributed by atoms with E-state index in [1.54, 1.807) is 0 Å². The van der Waals surface area contributed by atoms with Crippen molar-refractivity contribution >= 4 is 0 Å². The van der Waals surface area contributed by atoms with E-state index >= 15 is 0 Å². The predicted octanol–water partition coefficient (Wildman–Crippen LogP) is 2.09. The fourth-order valence-corrected chi connectivity index (χ4v) is 1.84. The molecule has 3 nitrogen and oxygen atoms in total. The number of aliphatic hydroxyl groups is 1. The Morgan fingerprint density at radius 2 is 1.71 bits per heavy atom. The topological polar surface area (TPSA) is 49.5 Å². The van der Waals surface area contributed by atoms with Crippen LogP contribution < -0.4 is 5.73 Å². The normalized spacial score (nSPS) is 16.6. The van der Waals surface area contributed by atoms with Gasteiger partial charge < -0.3 is 10.8 Å². The van der Waals surface area contributed by atoms with Gasteiger partial charge in [0.15, 0.2) is 0 Å². The highest BCUT2D eigenvalue weighted by atomic mass is 16.3. The molecule has 1 atom stereocenters. The van der Waals surface area contributed by atoms with E-state index < -0.39 is 5.60 Å². The summed E-state index contributed by atoms with van der Waals surface area (Å²) in [5.74, 6) is 0.267. The molecule has 3 N–H and O–H groups in total. The fourth-order valence-electron chi connectivity index (χ4n) is 1.84. The van der Waals surface area contributed by atoms with Gasteiger partial charge in [-0.05, 0) is 37.8 Å². The van der Waals surface area contributed by atoms with Crippen molar-refractivity contribution in [3.8, 4) is 0 Å². The molecule has 0 rings (SSSR count). The molecule has 0 saturated heterocycles. The zero-order chi connectivity index (χ0) is 13.7. The molecule has 0 heterocycles. The molecular formula is C14H32N2O. The van der Waals surface area contributed by atoms with E-state index in [0.29, 0.717) is 6.54 Å². The summed E-state index contributed by atoms with van der Waals surface area (Å²) in [6, 6.07) is 0. The molecule has 17 heavy (non-hydrogen) atoms. The SMILES string of the molecule is CCCN(CC(C)(C)CN)CC(C)(O)C(C)C. The molecule has 0 aromatic carbocycles. The van der Waals surface area contributed by atoms with Gasteiger partial charge in [-0.2, -0.15) is 0 Å². The minimum Gasteiger partial charge on any atom is -0.389 e. The lowest BCUT2D eigenvalue weighted by atomic mass is 9.89. The van der Waals surface area contributed by atoms with Gasteiger partial charge in [0, 0.05) is 13.1 Å². The van der Waals surface area contributed by atoms with Gasteiger partial charge in [0.1, 0.15) is 0 Å². The highest BCUT2D eigenvalue weighted by molar-refractivity contribution is 4.83. The average Bonchev–Trinajstić information content (AvgIpc) is 2.16. The largest absolute Gasteiger partial charge is 0.389 e. The molecule has 0 radical (unpaired) electrons. The quantitative estimate of drug-likeness (QED) is 0.687. The van der Waals surface area contributed by atoms with Crippen LogP contribution in [-0.4, -0.2) is 41.8 Å². The maximum Gasteiger partial charge on any atom is 0.0768 e. The summed E-state index contributed by atoms with van der Waals surface area (Å²) in [4.78, 5) is 2.34. The van der Waals surface area contributed by atoms with E-state index in [2.05, 4.69) is 39.5 Å². The molecule has 3 heteroatoms. The first kappa shape index (κ1) is 16.9.